The molecule has 16 heteroatoms. The van der Waals surface area contributed by atoms with Crippen molar-refractivity contribution in [3.8, 4) is 0 Å². The molecule has 0 spiro atoms. The van der Waals surface area contributed by atoms with E-state index in [1.54, 1.807) is 12.4 Å². The van der Waals surface area contributed by atoms with E-state index in [-0.39, 0.29) is 34.2 Å². The minimum absolute atomic E-state index is 0.0867. The molecule has 2 N–H and O–H groups in total. The Morgan fingerprint density at radius 3 is 1.44 bits per heavy atom. The van der Waals surface area contributed by atoms with Crippen LogP contribution in [0.3, 0.4) is 0 Å². The molecule has 6 aromatic heterocycles. The van der Waals surface area contributed by atoms with Crippen molar-refractivity contribution in [2.75, 3.05) is 11.5 Å². The maximum absolute atomic E-state index is 12.6. The Hall–Kier alpha value is -3.92. The van der Waals surface area contributed by atoms with Gasteiger partial charge in [-0.1, -0.05) is 26.7 Å². The van der Waals surface area contributed by atoms with Gasteiger partial charge in [0, 0.05) is 24.2 Å². The number of hydrogen-bond acceptors (Lipinski definition) is 10. The molecule has 4 fully saturated rings. The maximum Gasteiger partial charge on any atom is 0.179 e. The predicted molar refractivity (Wildman–Crippen MR) is 197 cm³/mol. The van der Waals surface area contributed by atoms with Crippen molar-refractivity contribution in [2.45, 2.75) is 100 Å². The lowest BCUT2D eigenvalue weighted by molar-refractivity contribution is 0.465. The average molecular weight is 747 g/mol. The highest BCUT2D eigenvalue weighted by atomic mass is 32.2. The van der Waals surface area contributed by atoms with Gasteiger partial charge >= 0.3 is 0 Å². The van der Waals surface area contributed by atoms with Crippen LogP contribution in [0.15, 0.2) is 36.9 Å². The minimum Gasteiger partial charge on any atom is -0.345 e. The molecule has 6 atom stereocenters. The fourth-order valence-electron chi connectivity index (χ4n) is 9.41. The summed E-state index contributed by atoms with van der Waals surface area (Å²) in [6.45, 7) is 4.41. The third-order valence-electron chi connectivity index (χ3n) is 12.6. The van der Waals surface area contributed by atoms with Gasteiger partial charge in [-0.25, -0.2) is 26.8 Å². The summed E-state index contributed by atoms with van der Waals surface area (Å²) in [5.74, 6) is 4.21. The van der Waals surface area contributed by atoms with E-state index in [1.165, 1.54) is 0 Å². The number of rotatable bonds is 8. The molecular weight excluding hydrogens is 701 g/mol. The van der Waals surface area contributed by atoms with Crippen LogP contribution in [-0.4, -0.2) is 88.0 Å². The van der Waals surface area contributed by atoms with Gasteiger partial charge in [0.05, 0.1) is 45.4 Å². The second kappa shape index (κ2) is 12.9. The first-order chi connectivity index (χ1) is 25.1. The van der Waals surface area contributed by atoms with Crippen LogP contribution >= 0.6 is 0 Å². The Balaban J connectivity index is 0.000000138. The minimum atomic E-state index is -2.95. The lowest BCUT2D eigenvalue weighted by atomic mass is 9.97. The summed E-state index contributed by atoms with van der Waals surface area (Å²) < 4.78 is 54.4. The van der Waals surface area contributed by atoms with Crippen molar-refractivity contribution >= 4 is 53.3 Å². The molecule has 0 aromatic carbocycles. The largest absolute Gasteiger partial charge is 0.345 e. The highest BCUT2D eigenvalue weighted by Gasteiger charge is 2.42. The average Bonchev–Trinajstić information content (AvgIpc) is 3.86. The molecule has 0 radical (unpaired) electrons. The number of aromatic amines is 2. The molecule has 6 heterocycles. The van der Waals surface area contributed by atoms with Crippen molar-refractivity contribution in [1.29, 1.82) is 0 Å². The molecule has 0 aliphatic heterocycles. The van der Waals surface area contributed by atoms with Crippen molar-refractivity contribution in [2.24, 2.45) is 23.7 Å². The van der Waals surface area contributed by atoms with Crippen LogP contribution in [0.25, 0.3) is 33.6 Å². The predicted octanol–water partition coefficient (Wildman–Crippen LogP) is 5.41. The first-order valence-electron chi connectivity index (χ1n) is 18.8. The molecular formula is C36H46N10O4S2. The lowest BCUT2D eigenvalue weighted by Crippen LogP contribution is -2.32. The summed E-state index contributed by atoms with van der Waals surface area (Å²) in [6.07, 6.45) is 16.3. The highest BCUT2D eigenvalue weighted by Crippen LogP contribution is 2.45. The zero-order chi connectivity index (χ0) is 35.8. The van der Waals surface area contributed by atoms with E-state index in [2.05, 4.69) is 63.0 Å². The van der Waals surface area contributed by atoms with Crippen LogP contribution in [0.1, 0.15) is 102 Å². The van der Waals surface area contributed by atoms with E-state index in [0.29, 0.717) is 23.3 Å². The van der Waals surface area contributed by atoms with E-state index in [9.17, 15) is 16.8 Å². The van der Waals surface area contributed by atoms with Crippen LogP contribution < -0.4 is 0 Å². The van der Waals surface area contributed by atoms with E-state index >= 15 is 0 Å². The molecule has 14 nitrogen and oxygen atoms in total. The number of sulfone groups is 2. The first-order valence-corrected chi connectivity index (χ1v) is 22.3. The zero-order valence-corrected chi connectivity index (χ0v) is 31.2. The van der Waals surface area contributed by atoms with Crippen molar-refractivity contribution in [3.05, 3.63) is 48.6 Å². The number of aromatic nitrogens is 10. The van der Waals surface area contributed by atoms with E-state index in [4.69, 9.17) is 0 Å². The molecule has 4 aliphatic carbocycles. The Morgan fingerprint density at radius 1 is 0.635 bits per heavy atom. The normalized spacial score (nSPS) is 27.3. The Bertz CT molecular complexity index is 2300. The van der Waals surface area contributed by atoms with Crippen LogP contribution in [0, 0.1) is 23.7 Å². The number of H-pyrrole nitrogens is 2. The number of hydrogen-bond donors (Lipinski definition) is 2. The van der Waals surface area contributed by atoms with Crippen molar-refractivity contribution < 1.29 is 16.8 Å². The molecule has 276 valence electrons. The number of nitrogens with one attached hydrogen (secondary N) is 2. The van der Waals surface area contributed by atoms with Gasteiger partial charge in [-0.05, 0) is 87.2 Å². The van der Waals surface area contributed by atoms with Gasteiger partial charge in [0.25, 0.3) is 0 Å². The smallest absolute Gasteiger partial charge is 0.179 e. The van der Waals surface area contributed by atoms with E-state index < -0.39 is 19.7 Å². The summed E-state index contributed by atoms with van der Waals surface area (Å²) in [5.41, 5.74) is 5.05. The van der Waals surface area contributed by atoms with Crippen molar-refractivity contribution in [1.82, 2.24) is 49.1 Å². The third-order valence-corrected chi connectivity index (χ3v) is 17.5. The van der Waals surface area contributed by atoms with Gasteiger partial charge in [-0.3, -0.25) is 8.80 Å². The fourth-order valence-corrected chi connectivity index (χ4v) is 13.9. The Morgan fingerprint density at radius 2 is 1.06 bits per heavy atom. The fraction of sp³-hybridized carbons (Fsp3) is 0.611. The van der Waals surface area contributed by atoms with Crippen LogP contribution in [0.5, 0.6) is 0 Å². The SMILES string of the molecule is C[C@@H]1C[C@H](CS(=O)(=O)C2CCC2)C[C@@H]1c1nnc2cnc3[nH]ccc3n12.C[C@H]1C[C@@H](CS(=O)(=O)C2CCC2)C[C@H]1c1nnc2cnc3[nH]ccc3n12. The van der Waals surface area contributed by atoms with Gasteiger partial charge in [0.2, 0.25) is 0 Å². The third kappa shape index (κ3) is 5.89. The van der Waals surface area contributed by atoms with Gasteiger partial charge in [-0.2, -0.15) is 0 Å². The summed E-state index contributed by atoms with van der Waals surface area (Å²) in [5, 5.41) is 17.3. The van der Waals surface area contributed by atoms with Gasteiger partial charge < -0.3 is 9.97 Å². The highest BCUT2D eigenvalue weighted by molar-refractivity contribution is 7.92. The van der Waals surface area contributed by atoms with Crippen LogP contribution in [-0.2, 0) is 19.7 Å². The second-order valence-corrected chi connectivity index (χ2v) is 20.7. The summed E-state index contributed by atoms with van der Waals surface area (Å²) in [7, 11) is -5.90. The molecule has 52 heavy (non-hydrogen) atoms. The van der Waals surface area contributed by atoms with Gasteiger partial charge in [0.15, 0.2) is 42.3 Å². The summed E-state index contributed by atoms with van der Waals surface area (Å²) in [6, 6.07) is 3.97. The Kier molecular flexibility index (Phi) is 8.40. The molecule has 0 amide bonds. The molecule has 0 bridgehead atoms. The van der Waals surface area contributed by atoms with Crippen LogP contribution in [0.2, 0.25) is 0 Å². The second-order valence-electron chi connectivity index (χ2n) is 16.1. The molecule has 4 saturated carbocycles. The van der Waals surface area contributed by atoms with Crippen LogP contribution in [0.4, 0.5) is 0 Å². The van der Waals surface area contributed by atoms with E-state index in [0.717, 1.165) is 109 Å². The molecule has 0 saturated heterocycles. The Labute approximate surface area is 302 Å². The topological polar surface area (TPSA) is 186 Å². The number of nitrogens with zero attached hydrogens (tertiary/aromatic N) is 8. The zero-order valence-electron chi connectivity index (χ0n) is 29.6. The van der Waals surface area contributed by atoms with Gasteiger partial charge in [-0.15, -0.1) is 20.4 Å². The summed E-state index contributed by atoms with van der Waals surface area (Å²) in [4.78, 5) is 15.0. The van der Waals surface area contributed by atoms with Gasteiger partial charge in [0.1, 0.15) is 11.6 Å². The molecule has 10 rings (SSSR count). The monoisotopic (exact) mass is 746 g/mol. The quantitative estimate of drug-likeness (QED) is 0.204. The molecule has 6 aromatic rings. The molecule has 4 aliphatic rings. The molecule has 0 unspecified atom stereocenters. The summed E-state index contributed by atoms with van der Waals surface area (Å²) >= 11 is 0. The first kappa shape index (κ1) is 33.9. The van der Waals surface area contributed by atoms with E-state index in [1.807, 2.05) is 24.5 Å². The maximum atomic E-state index is 12.6. The van der Waals surface area contributed by atoms with Crippen molar-refractivity contribution in [3.63, 3.8) is 0 Å². The number of fused-ring (bicyclic) bond motifs is 6. The standard InChI is InChI=1S/2C18H23N5O2S/c2*1-11-7-12(10-26(24,25)13-3-2-4-13)8-14(11)18-22-21-16-9-20-17-15(23(16)18)5-6-19-17/h2*5-6,9,11-14,19H,2-4,7-8,10H2,1H3/t2*11-,12+,14+/m10/s1. The lowest BCUT2D eigenvalue weighted by Gasteiger charge is -2.26.